The van der Waals surface area contributed by atoms with E-state index >= 15 is 0 Å². The van der Waals surface area contributed by atoms with E-state index in [9.17, 15) is 14.4 Å². The maximum absolute atomic E-state index is 12.2. The number of ketones is 3. The molecule has 0 radical (unpaired) electrons. The number of carbonyl (C=O) groups excluding carboxylic acids is 3. The highest BCUT2D eigenvalue weighted by molar-refractivity contribution is 9.10. The zero-order chi connectivity index (χ0) is 16.9. The lowest BCUT2D eigenvalue weighted by Crippen LogP contribution is -2.34. The maximum Gasteiger partial charge on any atom is 0.143 e. The van der Waals surface area contributed by atoms with E-state index < -0.39 is 5.41 Å². The van der Waals surface area contributed by atoms with Gasteiger partial charge in [-0.1, -0.05) is 53.2 Å². The Hall–Kier alpha value is -1.29. The minimum atomic E-state index is -0.716. The summed E-state index contributed by atoms with van der Waals surface area (Å²) in [4.78, 5) is 35.4. The first-order valence-corrected chi connectivity index (χ1v) is 8.30. The predicted octanol–water partition coefficient (Wildman–Crippen LogP) is 4.09. The van der Waals surface area contributed by atoms with Crippen molar-refractivity contribution >= 4 is 33.3 Å². The molecule has 0 fully saturated rings. The zero-order valence-corrected chi connectivity index (χ0v) is 15.1. The molecule has 3 nitrogen and oxygen atoms in total. The SMILES string of the molecule is CC(=O)C(Br)CC(C)(CC(C(C)=O)c1ccccc1)C(C)=O. The molecule has 0 heterocycles. The third-order valence-corrected chi connectivity index (χ3v) is 5.24. The van der Waals surface area contributed by atoms with Crippen LogP contribution in [0.15, 0.2) is 30.3 Å². The summed E-state index contributed by atoms with van der Waals surface area (Å²) in [5, 5.41) is 0. The van der Waals surface area contributed by atoms with Gasteiger partial charge < -0.3 is 0 Å². The molecule has 0 saturated heterocycles. The largest absolute Gasteiger partial charge is 0.299 e. The Labute approximate surface area is 140 Å². The van der Waals surface area contributed by atoms with Gasteiger partial charge in [0.25, 0.3) is 0 Å². The second-order valence-electron chi connectivity index (χ2n) is 6.18. The van der Waals surface area contributed by atoms with Crippen molar-refractivity contribution in [2.45, 2.75) is 51.3 Å². The van der Waals surface area contributed by atoms with Crippen molar-refractivity contribution in [3.63, 3.8) is 0 Å². The van der Waals surface area contributed by atoms with Crippen LogP contribution in [0.25, 0.3) is 0 Å². The van der Waals surface area contributed by atoms with Crippen LogP contribution in [0.3, 0.4) is 0 Å². The number of hydrogen-bond acceptors (Lipinski definition) is 3. The molecule has 0 aliphatic carbocycles. The molecule has 0 amide bonds. The molecule has 3 atom stereocenters. The van der Waals surface area contributed by atoms with E-state index in [0.29, 0.717) is 12.8 Å². The van der Waals surface area contributed by atoms with Gasteiger partial charge in [-0.25, -0.2) is 0 Å². The van der Waals surface area contributed by atoms with Gasteiger partial charge in [-0.3, -0.25) is 14.4 Å². The highest BCUT2D eigenvalue weighted by Gasteiger charge is 2.37. The van der Waals surface area contributed by atoms with Crippen LogP contribution >= 0.6 is 15.9 Å². The van der Waals surface area contributed by atoms with Crippen LogP contribution in [0, 0.1) is 5.41 Å². The van der Waals surface area contributed by atoms with Gasteiger partial charge >= 0.3 is 0 Å². The van der Waals surface area contributed by atoms with Crippen molar-refractivity contribution in [3.8, 4) is 0 Å². The number of hydrogen-bond donors (Lipinski definition) is 0. The highest BCUT2D eigenvalue weighted by Crippen LogP contribution is 2.38. The van der Waals surface area contributed by atoms with Crippen LogP contribution in [0.1, 0.15) is 52.0 Å². The maximum atomic E-state index is 12.2. The van der Waals surface area contributed by atoms with E-state index in [-0.39, 0.29) is 28.1 Å². The fourth-order valence-electron chi connectivity index (χ4n) is 2.54. The fourth-order valence-corrected chi connectivity index (χ4v) is 3.26. The van der Waals surface area contributed by atoms with Crippen LogP contribution in [-0.4, -0.2) is 22.2 Å². The first kappa shape index (κ1) is 18.8. The fraction of sp³-hybridized carbons (Fsp3) is 0.500. The molecule has 4 heteroatoms. The minimum Gasteiger partial charge on any atom is -0.299 e. The molecule has 0 spiro atoms. The summed E-state index contributed by atoms with van der Waals surface area (Å²) in [7, 11) is 0. The van der Waals surface area contributed by atoms with Crippen LogP contribution in [0.4, 0.5) is 0 Å². The second kappa shape index (κ2) is 7.82. The van der Waals surface area contributed by atoms with Crippen molar-refractivity contribution in [1.29, 1.82) is 0 Å². The molecule has 0 aromatic heterocycles. The lowest BCUT2D eigenvalue weighted by molar-refractivity contribution is -0.128. The van der Waals surface area contributed by atoms with Crippen molar-refractivity contribution < 1.29 is 14.4 Å². The summed E-state index contributed by atoms with van der Waals surface area (Å²) >= 11 is 3.34. The number of carbonyl (C=O) groups is 3. The van der Waals surface area contributed by atoms with Crippen LogP contribution < -0.4 is 0 Å². The van der Waals surface area contributed by atoms with Gasteiger partial charge in [0.15, 0.2) is 0 Å². The van der Waals surface area contributed by atoms with E-state index in [0.717, 1.165) is 5.56 Å². The molecule has 120 valence electrons. The molecule has 3 unspecified atom stereocenters. The van der Waals surface area contributed by atoms with Crippen LogP contribution in [0.5, 0.6) is 0 Å². The molecule has 22 heavy (non-hydrogen) atoms. The molecular formula is C18H23BrO3. The first-order chi connectivity index (χ1) is 10.2. The van der Waals surface area contributed by atoms with Gasteiger partial charge in [-0.2, -0.15) is 0 Å². The summed E-state index contributed by atoms with van der Waals surface area (Å²) in [5.74, 6) is -0.304. The average molecular weight is 367 g/mol. The minimum absolute atomic E-state index is 0.000353. The van der Waals surface area contributed by atoms with Gasteiger partial charge in [0.1, 0.15) is 17.3 Å². The average Bonchev–Trinajstić information content (AvgIpc) is 2.45. The molecule has 0 N–H and O–H groups in total. The van der Waals surface area contributed by atoms with Crippen molar-refractivity contribution in [1.82, 2.24) is 0 Å². The Morgan fingerprint density at radius 3 is 1.95 bits per heavy atom. The van der Waals surface area contributed by atoms with Crippen LogP contribution in [0.2, 0.25) is 0 Å². The quantitative estimate of drug-likeness (QED) is 0.651. The van der Waals surface area contributed by atoms with Gasteiger partial charge in [0, 0.05) is 11.3 Å². The lowest BCUT2D eigenvalue weighted by atomic mass is 9.72. The van der Waals surface area contributed by atoms with Crippen LogP contribution in [-0.2, 0) is 14.4 Å². The van der Waals surface area contributed by atoms with Gasteiger partial charge in [-0.15, -0.1) is 0 Å². The smallest absolute Gasteiger partial charge is 0.143 e. The van der Waals surface area contributed by atoms with Crippen molar-refractivity contribution in [2.24, 2.45) is 5.41 Å². The third-order valence-electron chi connectivity index (χ3n) is 4.27. The predicted molar refractivity (Wildman–Crippen MR) is 91.3 cm³/mol. The highest BCUT2D eigenvalue weighted by atomic mass is 79.9. The summed E-state index contributed by atoms with van der Waals surface area (Å²) in [6.07, 6.45) is 0.811. The molecule has 0 bridgehead atoms. The van der Waals surface area contributed by atoms with Gasteiger partial charge in [0.2, 0.25) is 0 Å². The third kappa shape index (κ3) is 4.87. The normalized spacial score (nSPS) is 16.4. The van der Waals surface area contributed by atoms with Gasteiger partial charge in [-0.05, 0) is 39.2 Å². The second-order valence-corrected chi connectivity index (χ2v) is 7.28. The molecule has 0 aliphatic heterocycles. The standard InChI is InChI=1S/C18H23BrO3/c1-12(20)16(15-8-6-5-7-9-15)10-18(4,14(3)22)11-17(19)13(2)21/h5-9,16-17H,10-11H2,1-4H3. The molecular weight excluding hydrogens is 344 g/mol. The van der Waals surface area contributed by atoms with E-state index in [1.807, 2.05) is 37.3 Å². The molecule has 1 rings (SSSR count). The Morgan fingerprint density at radius 2 is 1.55 bits per heavy atom. The van der Waals surface area contributed by atoms with Gasteiger partial charge in [0.05, 0.1) is 4.83 Å². The number of rotatable bonds is 8. The monoisotopic (exact) mass is 366 g/mol. The van der Waals surface area contributed by atoms with E-state index in [2.05, 4.69) is 15.9 Å². The molecule has 0 saturated carbocycles. The van der Waals surface area contributed by atoms with E-state index in [4.69, 9.17) is 0 Å². The summed E-state index contributed by atoms with van der Waals surface area (Å²) in [6, 6.07) is 9.49. The lowest BCUT2D eigenvalue weighted by Gasteiger charge is -2.32. The Bertz CT molecular complexity index is 553. The molecule has 1 aromatic rings. The summed E-state index contributed by atoms with van der Waals surface area (Å²) in [6.45, 7) is 6.42. The Morgan fingerprint density at radius 1 is 1.00 bits per heavy atom. The van der Waals surface area contributed by atoms with E-state index in [1.54, 1.807) is 6.92 Å². The van der Waals surface area contributed by atoms with Crippen molar-refractivity contribution in [3.05, 3.63) is 35.9 Å². The number of halogens is 1. The number of alkyl halides is 1. The van der Waals surface area contributed by atoms with Crippen molar-refractivity contribution in [2.75, 3.05) is 0 Å². The number of benzene rings is 1. The summed E-state index contributed by atoms with van der Waals surface area (Å²) in [5.41, 5.74) is 0.197. The summed E-state index contributed by atoms with van der Waals surface area (Å²) < 4.78 is 0. The molecule has 0 aliphatic rings. The Balaban J connectivity index is 3.08. The molecule has 1 aromatic carbocycles. The number of Topliss-reactive ketones (excluding diaryl/α,β-unsaturated/α-hetero) is 3. The Kier molecular flexibility index (Phi) is 6.66. The van der Waals surface area contributed by atoms with E-state index in [1.165, 1.54) is 13.8 Å². The topological polar surface area (TPSA) is 51.2 Å². The first-order valence-electron chi connectivity index (χ1n) is 7.38. The zero-order valence-electron chi connectivity index (χ0n) is 13.6.